The molecule has 1 saturated heterocycles. The van der Waals surface area contributed by atoms with Crippen LogP contribution in [0.1, 0.15) is 21.8 Å². The van der Waals surface area contributed by atoms with Crippen LogP contribution in [0, 0.1) is 0 Å². The SMILES string of the molecule is COC(=O)/C(=C\[C@H]1[C@H](c2ccccc2)C(=O)N1c1ccc(OC)cc1)COc1ccccc1C=O. The summed E-state index contributed by atoms with van der Waals surface area (Å²) in [6.45, 7) is -0.125. The summed E-state index contributed by atoms with van der Waals surface area (Å²) in [6.07, 6.45) is 2.40. The molecular formula is C28H25NO6. The Labute approximate surface area is 203 Å². The van der Waals surface area contributed by atoms with Crippen LogP contribution in [-0.4, -0.2) is 45.0 Å². The third kappa shape index (κ3) is 4.94. The number of rotatable bonds is 9. The first kappa shape index (κ1) is 23.8. The molecule has 0 spiro atoms. The van der Waals surface area contributed by atoms with Gasteiger partial charge in [0, 0.05) is 5.69 Å². The Morgan fingerprint density at radius 3 is 2.29 bits per heavy atom. The van der Waals surface area contributed by atoms with Crippen molar-refractivity contribution in [2.75, 3.05) is 25.7 Å². The smallest absolute Gasteiger partial charge is 0.336 e. The molecule has 178 valence electrons. The van der Waals surface area contributed by atoms with Crippen LogP contribution >= 0.6 is 0 Å². The summed E-state index contributed by atoms with van der Waals surface area (Å²) in [5, 5.41) is 0. The Bertz CT molecular complexity index is 1240. The van der Waals surface area contributed by atoms with E-state index in [0.29, 0.717) is 29.0 Å². The number of carbonyl (C=O) groups is 3. The molecule has 1 aliphatic rings. The van der Waals surface area contributed by atoms with Gasteiger partial charge in [0.2, 0.25) is 5.91 Å². The number of hydrogen-bond acceptors (Lipinski definition) is 6. The topological polar surface area (TPSA) is 82.1 Å². The molecule has 0 bridgehead atoms. The molecule has 4 rings (SSSR count). The van der Waals surface area contributed by atoms with Crippen LogP contribution in [0.2, 0.25) is 0 Å². The normalized spacial score (nSPS) is 17.4. The summed E-state index contributed by atoms with van der Waals surface area (Å²) >= 11 is 0. The van der Waals surface area contributed by atoms with E-state index in [4.69, 9.17) is 14.2 Å². The monoisotopic (exact) mass is 471 g/mol. The van der Waals surface area contributed by atoms with Gasteiger partial charge in [-0.05, 0) is 48.0 Å². The molecule has 3 aromatic carbocycles. The van der Waals surface area contributed by atoms with E-state index in [-0.39, 0.29) is 18.1 Å². The molecule has 7 nitrogen and oxygen atoms in total. The lowest BCUT2D eigenvalue weighted by Crippen LogP contribution is -2.59. The van der Waals surface area contributed by atoms with Crippen molar-refractivity contribution in [3.05, 3.63) is 102 Å². The highest BCUT2D eigenvalue weighted by Crippen LogP contribution is 2.41. The van der Waals surface area contributed by atoms with Gasteiger partial charge in [0.15, 0.2) is 6.29 Å². The fourth-order valence-corrected chi connectivity index (χ4v) is 4.10. The summed E-state index contributed by atoms with van der Waals surface area (Å²) < 4.78 is 16.0. The molecule has 2 atom stereocenters. The highest BCUT2D eigenvalue weighted by atomic mass is 16.5. The number of β-lactam (4-membered cyclic amide) rings is 1. The van der Waals surface area contributed by atoms with E-state index in [1.54, 1.807) is 66.6 Å². The van der Waals surface area contributed by atoms with Gasteiger partial charge >= 0.3 is 5.97 Å². The first-order chi connectivity index (χ1) is 17.1. The van der Waals surface area contributed by atoms with Gasteiger partial charge < -0.3 is 19.1 Å². The molecule has 0 radical (unpaired) electrons. The van der Waals surface area contributed by atoms with E-state index in [1.165, 1.54) is 7.11 Å². The number of methoxy groups -OCH3 is 2. The molecule has 1 amide bonds. The molecular weight excluding hydrogens is 446 g/mol. The average Bonchev–Trinajstić information content (AvgIpc) is 2.91. The second-order valence-electron chi connectivity index (χ2n) is 7.91. The third-order valence-electron chi connectivity index (χ3n) is 5.90. The zero-order valence-electron chi connectivity index (χ0n) is 19.4. The first-order valence-corrected chi connectivity index (χ1v) is 11.1. The number of esters is 1. The first-order valence-electron chi connectivity index (χ1n) is 11.1. The van der Waals surface area contributed by atoms with Crippen molar-refractivity contribution >= 4 is 23.9 Å². The van der Waals surface area contributed by atoms with Gasteiger partial charge in [0.05, 0.1) is 37.3 Å². The van der Waals surface area contributed by atoms with E-state index in [9.17, 15) is 14.4 Å². The third-order valence-corrected chi connectivity index (χ3v) is 5.90. The maximum absolute atomic E-state index is 13.3. The maximum atomic E-state index is 13.3. The second-order valence-corrected chi connectivity index (χ2v) is 7.91. The number of benzene rings is 3. The summed E-state index contributed by atoms with van der Waals surface area (Å²) in [5.74, 6) is -0.103. The molecule has 0 N–H and O–H groups in total. The number of nitrogens with zero attached hydrogens (tertiary/aromatic N) is 1. The zero-order valence-corrected chi connectivity index (χ0v) is 19.4. The van der Waals surface area contributed by atoms with Gasteiger partial charge in [-0.3, -0.25) is 9.59 Å². The Balaban J connectivity index is 1.69. The summed E-state index contributed by atoms with van der Waals surface area (Å²) in [5.41, 5.74) is 2.14. The molecule has 1 aliphatic heterocycles. The standard InChI is InChI=1S/C28H25NO6/c1-33-23-14-12-22(13-15-23)29-24(26(27(29)31)19-8-4-3-5-9-19)16-21(28(32)34-2)18-35-25-11-7-6-10-20(25)17-30/h3-17,24,26H,18H2,1-2H3/b21-16-/t24-,26-/m0/s1. The van der Waals surface area contributed by atoms with Crippen LogP contribution in [0.4, 0.5) is 5.69 Å². The number of amides is 1. The van der Waals surface area contributed by atoms with Gasteiger partial charge in [-0.25, -0.2) is 4.79 Å². The van der Waals surface area contributed by atoms with Crippen molar-refractivity contribution < 1.29 is 28.6 Å². The lowest BCUT2D eigenvalue weighted by molar-refractivity contribution is -0.136. The van der Waals surface area contributed by atoms with Gasteiger partial charge in [-0.15, -0.1) is 0 Å². The van der Waals surface area contributed by atoms with Gasteiger partial charge in [-0.2, -0.15) is 0 Å². The van der Waals surface area contributed by atoms with Gasteiger partial charge in [-0.1, -0.05) is 42.5 Å². The van der Waals surface area contributed by atoms with Crippen molar-refractivity contribution in [3.8, 4) is 11.5 Å². The molecule has 3 aromatic rings. The quantitative estimate of drug-likeness (QED) is 0.202. The maximum Gasteiger partial charge on any atom is 0.336 e. The number of para-hydroxylation sites is 1. The van der Waals surface area contributed by atoms with Gasteiger partial charge in [0.25, 0.3) is 0 Å². The van der Waals surface area contributed by atoms with Crippen LogP contribution in [0.5, 0.6) is 11.5 Å². The highest BCUT2D eigenvalue weighted by Gasteiger charge is 2.48. The van der Waals surface area contributed by atoms with Crippen LogP contribution in [0.25, 0.3) is 0 Å². The lowest BCUT2D eigenvalue weighted by atomic mass is 9.80. The van der Waals surface area contributed by atoms with Crippen LogP contribution in [0.15, 0.2) is 90.5 Å². The van der Waals surface area contributed by atoms with E-state index in [2.05, 4.69) is 0 Å². The number of hydrogen-bond donors (Lipinski definition) is 0. The summed E-state index contributed by atoms with van der Waals surface area (Å²) in [6, 6.07) is 22.9. The molecule has 35 heavy (non-hydrogen) atoms. The van der Waals surface area contributed by atoms with Crippen LogP contribution in [-0.2, 0) is 14.3 Å². The van der Waals surface area contributed by atoms with Crippen molar-refractivity contribution in [1.29, 1.82) is 0 Å². The van der Waals surface area contributed by atoms with Crippen LogP contribution < -0.4 is 14.4 Å². The average molecular weight is 472 g/mol. The van der Waals surface area contributed by atoms with Crippen molar-refractivity contribution in [3.63, 3.8) is 0 Å². The lowest BCUT2D eigenvalue weighted by Gasteiger charge is -2.46. The number of anilines is 1. The molecule has 0 saturated carbocycles. The zero-order chi connectivity index (χ0) is 24.8. The highest BCUT2D eigenvalue weighted by molar-refractivity contribution is 6.07. The molecule has 0 aliphatic carbocycles. The second kappa shape index (κ2) is 10.7. The van der Waals surface area contributed by atoms with E-state index in [0.717, 1.165) is 5.56 Å². The minimum absolute atomic E-state index is 0.0842. The fourth-order valence-electron chi connectivity index (χ4n) is 4.10. The number of carbonyl (C=O) groups excluding carboxylic acids is 3. The minimum Gasteiger partial charge on any atom is -0.497 e. The van der Waals surface area contributed by atoms with Crippen LogP contribution in [0.3, 0.4) is 0 Å². The summed E-state index contributed by atoms with van der Waals surface area (Å²) in [4.78, 5) is 38.9. The molecule has 0 unspecified atom stereocenters. The molecule has 1 fully saturated rings. The summed E-state index contributed by atoms with van der Waals surface area (Å²) in [7, 11) is 2.86. The van der Waals surface area contributed by atoms with Crippen molar-refractivity contribution in [2.24, 2.45) is 0 Å². The molecule has 0 aromatic heterocycles. The largest absolute Gasteiger partial charge is 0.497 e. The van der Waals surface area contributed by atoms with E-state index >= 15 is 0 Å². The minimum atomic E-state index is -0.575. The molecule has 1 heterocycles. The Morgan fingerprint density at radius 1 is 0.943 bits per heavy atom. The Morgan fingerprint density at radius 2 is 1.63 bits per heavy atom. The number of ether oxygens (including phenoxy) is 3. The predicted molar refractivity (Wildman–Crippen MR) is 131 cm³/mol. The Kier molecular flexibility index (Phi) is 7.26. The fraction of sp³-hybridized carbons (Fsp3) is 0.179. The van der Waals surface area contributed by atoms with Gasteiger partial charge in [0.1, 0.15) is 18.1 Å². The molecule has 7 heteroatoms. The number of aldehydes is 1. The Hall–Kier alpha value is -4.39. The van der Waals surface area contributed by atoms with Crippen molar-refractivity contribution in [2.45, 2.75) is 12.0 Å². The predicted octanol–water partition coefficient (Wildman–Crippen LogP) is 4.19. The van der Waals surface area contributed by atoms with E-state index < -0.39 is 17.9 Å². The van der Waals surface area contributed by atoms with Crippen molar-refractivity contribution in [1.82, 2.24) is 0 Å². The van der Waals surface area contributed by atoms with E-state index in [1.807, 2.05) is 30.3 Å².